The molecule has 0 spiro atoms. The van der Waals surface area contributed by atoms with Crippen LogP contribution in [-0.2, 0) is 13.1 Å². The Balaban J connectivity index is 1.88. The van der Waals surface area contributed by atoms with Crippen molar-refractivity contribution in [3.8, 4) is 0 Å². The Morgan fingerprint density at radius 2 is 2.29 bits per heavy atom. The molecule has 1 heterocycles. The van der Waals surface area contributed by atoms with Gasteiger partial charge < -0.3 is 9.88 Å². The molecular weight excluding hydrogens is 174 g/mol. The Bertz CT molecular complexity index is 274. The van der Waals surface area contributed by atoms with Crippen LogP contribution in [-0.4, -0.2) is 16.6 Å². The van der Waals surface area contributed by atoms with Crippen LogP contribution in [0.15, 0.2) is 12.5 Å². The lowest BCUT2D eigenvalue weighted by Gasteiger charge is -2.08. The maximum absolute atomic E-state index is 4.35. The zero-order valence-corrected chi connectivity index (χ0v) is 8.87. The molecule has 2 rings (SSSR count). The molecule has 1 aliphatic carbocycles. The Hall–Kier alpha value is -0.830. The predicted octanol–water partition coefficient (Wildman–Crippen LogP) is 1.79. The van der Waals surface area contributed by atoms with E-state index >= 15 is 0 Å². The van der Waals surface area contributed by atoms with Crippen molar-refractivity contribution in [3.05, 3.63) is 18.2 Å². The molecule has 0 unspecified atom stereocenters. The highest BCUT2D eigenvalue weighted by Gasteiger charge is 2.15. The summed E-state index contributed by atoms with van der Waals surface area (Å²) in [7, 11) is 1.95. The highest BCUT2D eigenvalue weighted by molar-refractivity contribution is 4.96. The average Bonchev–Trinajstić information content (AvgIpc) is 2.79. The van der Waals surface area contributed by atoms with E-state index in [0.717, 1.165) is 24.7 Å². The molecule has 1 aliphatic rings. The molecule has 3 heteroatoms. The Kier molecular flexibility index (Phi) is 3.19. The van der Waals surface area contributed by atoms with Crippen LogP contribution in [0.5, 0.6) is 0 Å². The lowest BCUT2D eigenvalue weighted by molar-refractivity contribution is 0.457. The topological polar surface area (TPSA) is 29.9 Å². The number of rotatable bonds is 4. The van der Waals surface area contributed by atoms with E-state index in [1.54, 1.807) is 0 Å². The monoisotopic (exact) mass is 193 g/mol. The zero-order valence-electron chi connectivity index (χ0n) is 8.87. The van der Waals surface area contributed by atoms with Gasteiger partial charge in [-0.25, -0.2) is 4.98 Å². The highest BCUT2D eigenvalue weighted by atomic mass is 15.0. The van der Waals surface area contributed by atoms with Gasteiger partial charge in [-0.05, 0) is 25.8 Å². The van der Waals surface area contributed by atoms with Gasteiger partial charge in [0.15, 0.2) is 0 Å². The van der Waals surface area contributed by atoms with Gasteiger partial charge >= 0.3 is 0 Å². The van der Waals surface area contributed by atoms with Gasteiger partial charge in [0, 0.05) is 19.3 Å². The molecule has 0 bridgehead atoms. The van der Waals surface area contributed by atoms with Gasteiger partial charge in [-0.3, -0.25) is 0 Å². The number of imidazole rings is 1. The lowest BCUT2D eigenvalue weighted by Crippen LogP contribution is -2.06. The highest BCUT2D eigenvalue weighted by Crippen LogP contribution is 2.25. The van der Waals surface area contributed by atoms with Crippen molar-refractivity contribution in [3.63, 3.8) is 0 Å². The fourth-order valence-electron chi connectivity index (χ4n) is 2.27. The van der Waals surface area contributed by atoms with Crippen molar-refractivity contribution >= 4 is 0 Å². The fraction of sp³-hybridized carbons (Fsp3) is 0.727. The van der Waals surface area contributed by atoms with Gasteiger partial charge in [0.25, 0.3) is 0 Å². The molecule has 0 aromatic carbocycles. The number of aromatic nitrogens is 2. The molecule has 14 heavy (non-hydrogen) atoms. The van der Waals surface area contributed by atoms with E-state index in [4.69, 9.17) is 0 Å². The van der Waals surface area contributed by atoms with Crippen molar-refractivity contribution in [2.24, 2.45) is 5.92 Å². The van der Waals surface area contributed by atoms with Crippen LogP contribution in [0.2, 0.25) is 0 Å². The quantitative estimate of drug-likeness (QED) is 0.790. The Morgan fingerprint density at radius 1 is 1.50 bits per heavy atom. The van der Waals surface area contributed by atoms with E-state index in [0.29, 0.717) is 0 Å². The third-order valence-electron chi connectivity index (χ3n) is 2.99. The van der Waals surface area contributed by atoms with Crippen LogP contribution >= 0.6 is 0 Å². The minimum Gasteiger partial charge on any atom is -0.337 e. The normalized spacial score (nSPS) is 17.8. The standard InChI is InChI=1S/C11H19N3/c1-12-6-11-8-14(9-13-11)7-10-4-2-3-5-10/h8-10,12H,2-7H2,1H3. The molecule has 0 aliphatic heterocycles. The molecule has 0 saturated heterocycles. The minimum atomic E-state index is 0.873. The molecule has 1 fully saturated rings. The van der Waals surface area contributed by atoms with Gasteiger partial charge in [0.2, 0.25) is 0 Å². The summed E-state index contributed by atoms with van der Waals surface area (Å²) in [6.07, 6.45) is 9.77. The second-order valence-electron chi connectivity index (χ2n) is 4.24. The summed E-state index contributed by atoms with van der Waals surface area (Å²) < 4.78 is 2.24. The first-order valence-corrected chi connectivity index (χ1v) is 5.53. The molecule has 1 aromatic rings. The smallest absolute Gasteiger partial charge is 0.0950 e. The van der Waals surface area contributed by atoms with Gasteiger partial charge in [-0.15, -0.1) is 0 Å². The van der Waals surface area contributed by atoms with Gasteiger partial charge in [0.1, 0.15) is 0 Å². The van der Waals surface area contributed by atoms with Crippen molar-refractivity contribution in [1.82, 2.24) is 14.9 Å². The third-order valence-corrected chi connectivity index (χ3v) is 2.99. The van der Waals surface area contributed by atoms with E-state index < -0.39 is 0 Å². The second-order valence-corrected chi connectivity index (χ2v) is 4.24. The molecular formula is C11H19N3. The van der Waals surface area contributed by atoms with E-state index in [1.165, 1.54) is 25.7 Å². The summed E-state index contributed by atoms with van der Waals surface area (Å²) in [5.41, 5.74) is 1.14. The van der Waals surface area contributed by atoms with Crippen LogP contribution < -0.4 is 5.32 Å². The molecule has 1 aromatic heterocycles. The summed E-state index contributed by atoms with van der Waals surface area (Å²) in [4.78, 5) is 4.35. The number of hydrogen-bond donors (Lipinski definition) is 1. The summed E-state index contributed by atoms with van der Waals surface area (Å²) in [5.74, 6) is 0.895. The van der Waals surface area contributed by atoms with E-state index in [-0.39, 0.29) is 0 Å². The van der Waals surface area contributed by atoms with Gasteiger partial charge in [-0.2, -0.15) is 0 Å². The van der Waals surface area contributed by atoms with Crippen molar-refractivity contribution in [2.45, 2.75) is 38.8 Å². The number of nitrogens with one attached hydrogen (secondary N) is 1. The molecule has 0 atom stereocenters. The van der Waals surface area contributed by atoms with Crippen molar-refractivity contribution in [2.75, 3.05) is 7.05 Å². The number of nitrogens with zero attached hydrogens (tertiary/aromatic N) is 2. The minimum absolute atomic E-state index is 0.873. The first-order valence-electron chi connectivity index (χ1n) is 5.53. The molecule has 1 N–H and O–H groups in total. The van der Waals surface area contributed by atoms with E-state index in [2.05, 4.69) is 21.1 Å². The van der Waals surface area contributed by atoms with Gasteiger partial charge in [-0.1, -0.05) is 12.8 Å². The van der Waals surface area contributed by atoms with Crippen molar-refractivity contribution < 1.29 is 0 Å². The molecule has 1 saturated carbocycles. The first-order chi connectivity index (χ1) is 6.88. The molecule has 0 amide bonds. The van der Waals surface area contributed by atoms with Crippen molar-refractivity contribution in [1.29, 1.82) is 0 Å². The maximum Gasteiger partial charge on any atom is 0.0950 e. The van der Waals surface area contributed by atoms with Crippen LogP contribution in [0, 0.1) is 5.92 Å². The van der Waals surface area contributed by atoms with E-state index in [1.807, 2.05) is 13.4 Å². The Labute approximate surface area is 85.5 Å². The van der Waals surface area contributed by atoms with Crippen LogP contribution in [0.25, 0.3) is 0 Å². The molecule has 78 valence electrons. The molecule has 0 radical (unpaired) electrons. The summed E-state index contributed by atoms with van der Waals surface area (Å²) in [6.45, 7) is 2.04. The average molecular weight is 193 g/mol. The maximum atomic E-state index is 4.35. The third kappa shape index (κ3) is 2.35. The molecule has 3 nitrogen and oxygen atoms in total. The summed E-state index contributed by atoms with van der Waals surface area (Å²) in [5, 5.41) is 3.12. The van der Waals surface area contributed by atoms with Crippen LogP contribution in [0.4, 0.5) is 0 Å². The predicted molar refractivity (Wildman–Crippen MR) is 56.9 cm³/mol. The van der Waals surface area contributed by atoms with Crippen LogP contribution in [0.1, 0.15) is 31.4 Å². The largest absolute Gasteiger partial charge is 0.337 e. The van der Waals surface area contributed by atoms with Crippen LogP contribution in [0.3, 0.4) is 0 Å². The lowest BCUT2D eigenvalue weighted by atomic mass is 10.1. The second kappa shape index (κ2) is 4.60. The Morgan fingerprint density at radius 3 is 3.00 bits per heavy atom. The summed E-state index contributed by atoms with van der Waals surface area (Å²) >= 11 is 0. The SMILES string of the molecule is CNCc1cn(CC2CCCC2)cn1. The first kappa shape index (κ1) is 9.71. The fourth-order valence-corrected chi connectivity index (χ4v) is 2.27. The summed E-state index contributed by atoms with van der Waals surface area (Å²) in [6, 6.07) is 0. The zero-order chi connectivity index (χ0) is 9.80. The van der Waals surface area contributed by atoms with E-state index in [9.17, 15) is 0 Å². The van der Waals surface area contributed by atoms with Gasteiger partial charge in [0.05, 0.1) is 12.0 Å². The number of hydrogen-bond acceptors (Lipinski definition) is 2.